The van der Waals surface area contributed by atoms with Gasteiger partial charge in [0.1, 0.15) is 0 Å². The molecule has 1 unspecified atom stereocenters. The average molecular weight is 332 g/mol. The molecule has 0 radical (unpaired) electrons. The molecule has 1 aromatic rings. The van der Waals surface area contributed by atoms with Gasteiger partial charge in [-0.05, 0) is 24.6 Å². The highest BCUT2D eigenvalue weighted by Gasteiger charge is 2.30. The summed E-state index contributed by atoms with van der Waals surface area (Å²) in [5, 5.41) is 11.4. The molecule has 1 rings (SSSR count). The largest absolute Gasteiger partial charge is 0.481 e. The first-order valence-electron chi connectivity index (χ1n) is 6.94. The number of alkyl halides is 3. The maximum Gasteiger partial charge on any atom is 0.416 e. The number of benzene rings is 1. The Balaban J connectivity index is 2.66. The van der Waals surface area contributed by atoms with Gasteiger partial charge in [-0.3, -0.25) is 4.79 Å². The Morgan fingerprint density at radius 3 is 2.17 bits per heavy atom. The second-order valence-electron chi connectivity index (χ2n) is 5.41. The number of carboxylic acid groups (broad SMARTS) is 1. The zero-order valence-corrected chi connectivity index (χ0v) is 13.0. The number of carboxylic acids is 1. The first-order chi connectivity index (χ1) is 10.5. The van der Waals surface area contributed by atoms with Crippen LogP contribution in [0.2, 0.25) is 0 Å². The van der Waals surface area contributed by atoms with Crippen molar-refractivity contribution >= 4 is 12.0 Å². The minimum atomic E-state index is -4.40. The molecule has 0 saturated heterocycles. The predicted octanol–water partition coefficient (Wildman–Crippen LogP) is 3.13. The van der Waals surface area contributed by atoms with Gasteiger partial charge in [-0.15, -0.1) is 0 Å². The lowest BCUT2D eigenvalue weighted by atomic mass is 10.1. The van der Waals surface area contributed by atoms with E-state index in [0.29, 0.717) is 5.56 Å². The van der Waals surface area contributed by atoms with Crippen molar-refractivity contribution in [2.75, 3.05) is 13.6 Å². The minimum Gasteiger partial charge on any atom is -0.481 e. The molecule has 0 saturated carbocycles. The van der Waals surface area contributed by atoms with Crippen molar-refractivity contribution in [2.45, 2.75) is 26.1 Å². The van der Waals surface area contributed by atoms with Gasteiger partial charge in [-0.2, -0.15) is 13.2 Å². The number of rotatable bonds is 5. The number of urea groups is 1. The molecule has 0 aliphatic rings. The van der Waals surface area contributed by atoms with Gasteiger partial charge in [0.15, 0.2) is 0 Å². The number of carbonyl (C=O) groups excluding carboxylic acids is 1. The molecule has 1 aromatic carbocycles. The summed E-state index contributed by atoms with van der Waals surface area (Å²) in [6.45, 7) is 3.14. The van der Waals surface area contributed by atoms with E-state index in [1.165, 1.54) is 31.0 Å². The lowest BCUT2D eigenvalue weighted by molar-refractivity contribution is -0.141. The number of halogens is 3. The molecule has 2 amide bonds. The molecule has 23 heavy (non-hydrogen) atoms. The molecule has 0 heterocycles. The number of aliphatic carboxylic acids is 1. The van der Waals surface area contributed by atoms with Gasteiger partial charge in [0.2, 0.25) is 0 Å². The maximum absolute atomic E-state index is 12.5. The normalized spacial score (nSPS) is 14.0. The SMILES string of the molecule is CC(CN(C)C(=O)N[C@@H](C)c1ccc(C(F)(F)F)cc1)C(=O)O. The van der Waals surface area contributed by atoms with Crippen LogP contribution in [0.25, 0.3) is 0 Å². The van der Waals surface area contributed by atoms with Crippen molar-refractivity contribution in [3.63, 3.8) is 0 Å². The topological polar surface area (TPSA) is 69.6 Å². The van der Waals surface area contributed by atoms with Crippen LogP contribution in [0.1, 0.15) is 31.0 Å². The Labute approximate surface area is 132 Å². The van der Waals surface area contributed by atoms with Crippen molar-refractivity contribution in [2.24, 2.45) is 5.92 Å². The van der Waals surface area contributed by atoms with Crippen molar-refractivity contribution < 1.29 is 27.9 Å². The molecule has 0 aliphatic heterocycles. The summed E-state index contributed by atoms with van der Waals surface area (Å²) in [6.07, 6.45) is -4.40. The maximum atomic E-state index is 12.5. The van der Waals surface area contributed by atoms with Crippen LogP contribution in [-0.4, -0.2) is 35.6 Å². The van der Waals surface area contributed by atoms with Crippen LogP contribution in [0.15, 0.2) is 24.3 Å². The average Bonchev–Trinajstić information content (AvgIpc) is 2.46. The van der Waals surface area contributed by atoms with Crippen molar-refractivity contribution in [1.82, 2.24) is 10.2 Å². The first-order valence-corrected chi connectivity index (χ1v) is 6.94. The summed E-state index contributed by atoms with van der Waals surface area (Å²) in [5.41, 5.74) is -0.238. The van der Waals surface area contributed by atoms with Crippen LogP contribution in [0.4, 0.5) is 18.0 Å². The summed E-state index contributed by atoms with van der Waals surface area (Å²) in [6, 6.07) is 3.50. The molecule has 128 valence electrons. The Morgan fingerprint density at radius 2 is 1.74 bits per heavy atom. The molecule has 2 atom stereocenters. The van der Waals surface area contributed by atoms with Crippen LogP contribution in [0, 0.1) is 5.92 Å². The summed E-state index contributed by atoms with van der Waals surface area (Å²) < 4.78 is 37.5. The van der Waals surface area contributed by atoms with Crippen molar-refractivity contribution in [3.05, 3.63) is 35.4 Å². The molecular formula is C15H19F3N2O3. The van der Waals surface area contributed by atoms with Gasteiger partial charge in [0.25, 0.3) is 0 Å². The number of carbonyl (C=O) groups is 2. The van der Waals surface area contributed by atoms with E-state index in [1.54, 1.807) is 6.92 Å². The van der Waals surface area contributed by atoms with Gasteiger partial charge in [0, 0.05) is 13.6 Å². The minimum absolute atomic E-state index is 0.0287. The van der Waals surface area contributed by atoms with E-state index in [2.05, 4.69) is 5.32 Å². The van der Waals surface area contributed by atoms with E-state index in [4.69, 9.17) is 5.11 Å². The van der Waals surface area contributed by atoms with Crippen LogP contribution in [0.3, 0.4) is 0 Å². The van der Waals surface area contributed by atoms with E-state index >= 15 is 0 Å². The molecule has 0 aromatic heterocycles. The smallest absolute Gasteiger partial charge is 0.416 e. The Morgan fingerprint density at radius 1 is 1.22 bits per heavy atom. The number of nitrogens with one attached hydrogen (secondary N) is 1. The fourth-order valence-electron chi connectivity index (χ4n) is 1.91. The number of nitrogens with zero attached hydrogens (tertiary/aromatic N) is 1. The lowest BCUT2D eigenvalue weighted by Crippen LogP contribution is -2.41. The van der Waals surface area contributed by atoms with Crippen LogP contribution >= 0.6 is 0 Å². The quantitative estimate of drug-likeness (QED) is 0.870. The predicted molar refractivity (Wildman–Crippen MR) is 77.8 cm³/mol. The number of amides is 2. The summed E-state index contributed by atoms with van der Waals surface area (Å²) in [4.78, 5) is 23.9. The summed E-state index contributed by atoms with van der Waals surface area (Å²) in [7, 11) is 1.45. The highest BCUT2D eigenvalue weighted by atomic mass is 19.4. The summed E-state index contributed by atoms with van der Waals surface area (Å²) in [5.74, 6) is -1.73. The zero-order chi connectivity index (χ0) is 17.8. The zero-order valence-electron chi connectivity index (χ0n) is 13.0. The van der Waals surface area contributed by atoms with Gasteiger partial charge >= 0.3 is 18.2 Å². The van der Waals surface area contributed by atoms with Crippen molar-refractivity contribution in [1.29, 1.82) is 0 Å². The van der Waals surface area contributed by atoms with Gasteiger partial charge in [0.05, 0.1) is 17.5 Å². The molecular weight excluding hydrogens is 313 g/mol. The van der Waals surface area contributed by atoms with Gasteiger partial charge in [-0.1, -0.05) is 19.1 Å². The molecule has 0 spiro atoms. The van der Waals surface area contributed by atoms with Crippen molar-refractivity contribution in [3.8, 4) is 0 Å². The standard InChI is InChI=1S/C15H19F3N2O3/c1-9(13(21)22)8-20(3)14(23)19-10(2)11-4-6-12(7-5-11)15(16,17)18/h4-7,9-10H,8H2,1-3H3,(H,19,23)(H,21,22)/t9?,10-/m0/s1. The third kappa shape index (κ3) is 5.46. The third-order valence-corrected chi connectivity index (χ3v) is 3.39. The molecule has 0 bridgehead atoms. The lowest BCUT2D eigenvalue weighted by Gasteiger charge is -2.23. The van der Waals surface area contributed by atoms with Gasteiger partial charge < -0.3 is 15.3 Å². The third-order valence-electron chi connectivity index (χ3n) is 3.39. The van der Waals surface area contributed by atoms with E-state index in [9.17, 15) is 22.8 Å². The van der Waals surface area contributed by atoms with Crippen LogP contribution in [0.5, 0.6) is 0 Å². The molecule has 8 heteroatoms. The summed E-state index contributed by atoms with van der Waals surface area (Å²) >= 11 is 0. The Bertz CT molecular complexity index is 558. The fraction of sp³-hybridized carbons (Fsp3) is 0.467. The van der Waals surface area contributed by atoms with E-state index in [-0.39, 0.29) is 6.54 Å². The molecule has 5 nitrogen and oxygen atoms in total. The van der Waals surface area contributed by atoms with Gasteiger partial charge in [-0.25, -0.2) is 4.79 Å². The highest BCUT2D eigenvalue weighted by Crippen LogP contribution is 2.29. The Hall–Kier alpha value is -2.25. The second-order valence-corrected chi connectivity index (χ2v) is 5.41. The van der Waals surface area contributed by atoms with Crippen LogP contribution in [-0.2, 0) is 11.0 Å². The van der Waals surface area contributed by atoms with E-state index in [0.717, 1.165) is 12.1 Å². The first kappa shape index (κ1) is 18.8. The second kappa shape index (κ2) is 7.34. The monoisotopic (exact) mass is 332 g/mol. The fourth-order valence-corrected chi connectivity index (χ4v) is 1.91. The Kier molecular flexibility index (Phi) is 6.00. The molecule has 2 N–H and O–H groups in total. The van der Waals surface area contributed by atoms with E-state index < -0.39 is 35.7 Å². The number of hydrogen-bond donors (Lipinski definition) is 2. The number of hydrogen-bond acceptors (Lipinski definition) is 2. The molecule has 0 fully saturated rings. The van der Waals surface area contributed by atoms with Crippen LogP contribution < -0.4 is 5.32 Å². The molecule has 0 aliphatic carbocycles. The highest BCUT2D eigenvalue weighted by molar-refractivity contribution is 5.76. The van der Waals surface area contributed by atoms with E-state index in [1.807, 2.05) is 0 Å².